The second-order valence-electron chi connectivity index (χ2n) is 16.7. The monoisotopic (exact) mass is 796 g/mol. The van der Waals surface area contributed by atoms with Crippen molar-refractivity contribution in [2.24, 2.45) is 0 Å². The molecule has 55 heavy (non-hydrogen) atoms. The van der Waals surface area contributed by atoms with Crippen LogP contribution in [0.1, 0.15) is 258 Å². The summed E-state index contributed by atoms with van der Waals surface area (Å²) in [5, 5.41) is 13.3. The van der Waals surface area contributed by atoms with Crippen molar-refractivity contribution in [3.05, 3.63) is 24.3 Å². The summed E-state index contributed by atoms with van der Waals surface area (Å²) in [5.41, 5.74) is 0. The first-order chi connectivity index (χ1) is 26.8. The lowest BCUT2D eigenvalue weighted by atomic mass is 10.0. The van der Waals surface area contributed by atoms with Gasteiger partial charge in [0, 0.05) is 6.42 Å². The maximum atomic E-state index is 12.6. The lowest BCUT2D eigenvalue weighted by Gasteiger charge is -2.21. The van der Waals surface area contributed by atoms with Crippen molar-refractivity contribution < 1.29 is 22.9 Å². The van der Waals surface area contributed by atoms with Crippen LogP contribution in [0.5, 0.6) is 0 Å². The van der Waals surface area contributed by atoms with E-state index in [1.165, 1.54) is 199 Å². The molecule has 3 N–H and O–H groups in total. The summed E-state index contributed by atoms with van der Waals surface area (Å²) < 4.78 is 32.6. The first-order valence-electron chi connectivity index (χ1n) is 24.0. The van der Waals surface area contributed by atoms with E-state index < -0.39 is 28.0 Å². The van der Waals surface area contributed by atoms with Gasteiger partial charge in [-0.25, -0.2) is 0 Å². The van der Waals surface area contributed by atoms with Crippen LogP contribution in [0.4, 0.5) is 0 Å². The van der Waals surface area contributed by atoms with E-state index in [1.807, 2.05) is 6.08 Å². The van der Waals surface area contributed by atoms with Crippen molar-refractivity contribution in [2.75, 3.05) is 5.75 Å². The molecule has 0 rings (SSSR count). The second-order valence-corrected chi connectivity index (χ2v) is 18.2. The molecule has 0 aromatic carbocycles. The molecule has 0 bridgehead atoms. The molecule has 2 atom stereocenters. The molecule has 326 valence electrons. The first-order valence-corrected chi connectivity index (χ1v) is 25.6. The molecule has 0 saturated heterocycles. The highest BCUT2D eigenvalue weighted by atomic mass is 32.2. The fourth-order valence-corrected chi connectivity index (χ4v) is 8.24. The van der Waals surface area contributed by atoms with Crippen LogP contribution < -0.4 is 5.32 Å². The van der Waals surface area contributed by atoms with Crippen LogP contribution in [0.15, 0.2) is 24.3 Å². The molecule has 0 aliphatic heterocycles. The number of carbonyl (C=O) groups excluding carboxylic acids is 1. The second kappa shape index (κ2) is 42.4. The average molecular weight is 796 g/mol. The van der Waals surface area contributed by atoms with Crippen LogP contribution in [0.25, 0.3) is 0 Å². The Hall–Kier alpha value is -1.18. The van der Waals surface area contributed by atoms with Crippen LogP contribution in [0.3, 0.4) is 0 Å². The number of hydrogen-bond donors (Lipinski definition) is 3. The summed E-state index contributed by atoms with van der Waals surface area (Å²) in [5.74, 6) is -0.970. The number of allylic oxidation sites excluding steroid dienone is 3. The van der Waals surface area contributed by atoms with Crippen LogP contribution >= 0.6 is 0 Å². The zero-order chi connectivity index (χ0) is 40.3. The molecule has 2 unspecified atom stereocenters. The third kappa shape index (κ3) is 43.8. The van der Waals surface area contributed by atoms with Gasteiger partial charge in [-0.2, -0.15) is 8.42 Å². The third-order valence-corrected chi connectivity index (χ3v) is 11.9. The molecule has 0 saturated carbocycles. The Morgan fingerprint density at radius 2 is 0.764 bits per heavy atom. The van der Waals surface area contributed by atoms with Gasteiger partial charge in [-0.3, -0.25) is 9.35 Å². The summed E-state index contributed by atoms with van der Waals surface area (Å²) in [6.45, 7) is 4.55. The average Bonchev–Trinajstić information content (AvgIpc) is 3.15. The minimum Gasteiger partial charge on any atom is -0.387 e. The van der Waals surface area contributed by atoms with Gasteiger partial charge in [0.2, 0.25) is 5.91 Å². The molecule has 0 radical (unpaired) electrons. The Morgan fingerprint density at radius 3 is 1.09 bits per heavy atom. The molecular weight excluding hydrogens is 703 g/mol. The Labute approximate surface area is 343 Å². The van der Waals surface area contributed by atoms with E-state index >= 15 is 0 Å². The van der Waals surface area contributed by atoms with E-state index in [2.05, 4.69) is 31.3 Å². The molecule has 6 nitrogen and oxygen atoms in total. The summed E-state index contributed by atoms with van der Waals surface area (Å²) >= 11 is 0. The van der Waals surface area contributed by atoms with Crippen molar-refractivity contribution in [3.8, 4) is 0 Å². The zero-order valence-corrected chi connectivity index (χ0v) is 37.4. The minimum absolute atomic E-state index is 0.275. The molecule has 0 aliphatic rings. The molecular formula is C48H93NO5S. The molecule has 1 amide bonds. The van der Waals surface area contributed by atoms with Gasteiger partial charge in [0.05, 0.1) is 17.9 Å². The Morgan fingerprint density at radius 1 is 0.473 bits per heavy atom. The minimum atomic E-state index is -4.34. The SMILES string of the molecule is CCCCCCCCCC/C=C\CCCCCCCCCCCCCC(=O)NC(CS(=O)(=O)O)C(O)/C=C/CCCCCCCCCCCCCCCCC. The van der Waals surface area contributed by atoms with Gasteiger partial charge < -0.3 is 10.4 Å². The number of unbranched alkanes of at least 4 members (excludes halogenated alkanes) is 34. The Balaban J connectivity index is 3.80. The van der Waals surface area contributed by atoms with Crippen molar-refractivity contribution >= 4 is 16.0 Å². The van der Waals surface area contributed by atoms with Crippen LogP contribution in [-0.2, 0) is 14.9 Å². The molecule has 0 fully saturated rings. The smallest absolute Gasteiger partial charge is 0.267 e. The Kier molecular flexibility index (Phi) is 41.5. The van der Waals surface area contributed by atoms with E-state index in [9.17, 15) is 22.9 Å². The topological polar surface area (TPSA) is 104 Å². The lowest BCUT2D eigenvalue weighted by molar-refractivity contribution is -0.122. The summed E-state index contributed by atoms with van der Waals surface area (Å²) in [6.07, 6.45) is 54.6. The number of rotatable bonds is 44. The number of hydrogen-bond acceptors (Lipinski definition) is 4. The predicted molar refractivity (Wildman–Crippen MR) is 239 cm³/mol. The van der Waals surface area contributed by atoms with E-state index in [-0.39, 0.29) is 5.91 Å². The highest BCUT2D eigenvalue weighted by Gasteiger charge is 2.24. The van der Waals surface area contributed by atoms with Gasteiger partial charge in [-0.05, 0) is 44.9 Å². The molecule has 0 aliphatic carbocycles. The van der Waals surface area contributed by atoms with E-state index in [4.69, 9.17) is 0 Å². The van der Waals surface area contributed by atoms with Gasteiger partial charge >= 0.3 is 0 Å². The summed E-state index contributed by atoms with van der Waals surface area (Å²) in [4.78, 5) is 12.6. The van der Waals surface area contributed by atoms with E-state index in [0.29, 0.717) is 6.42 Å². The van der Waals surface area contributed by atoms with Crippen LogP contribution in [0.2, 0.25) is 0 Å². The number of nitrogens with one attached hydrogen (secondary N) is 1. The van der Waals surface area contributed by atoms with E-state index in [0.717, 1.165) is 38.5 Å². The fourth-order valence-electron chi connectivity index (χ4n) is 7.51. The fraction of sp³-hybridized carbons (Fsp3) is 0.896. The Bertz CT molecular complexity index is 965. The predicted octanol–water partition coefficient (Wildman–Crippen LogP) is 14.7. The maximum Gasteiger partial charge on any atom is 0.267 e. The van der Waals surface area contributed by atoms with Crippen molar-refractivity contribution in [3.63, 3.8) is 0 Å². The number of aliphatic hydroxyl groups excluding tert-OH is 1. The normalized spacial score (nSPS) is 13.3. The quantitative estimate of drug-likeness (QED) is 0.0324. The lowest BCUT2D eigenvalue weighted by Crippen LogP contribution is -2.46. The van der Waals surface area contributed by atoms with Gasteiger partial charge in [0.15, 0.2) is 0 Å². The maximum absolute atomic E-state index is 12.6. The van der Waals surface area contributed by atoms with Gasteiger partial charge in [0.1, 0.15) is 0 Å². The molecule has 0 aromatic rings. The molecule has 0 aromatic heterocycles. The number of carbonyl (C=O) groups is 1. The zero-order valence-electron chi connectivity index (χ0n) is 36.6. The van der Waals surface area contributed by atoms with Crippen molar-refractivity contribution in [1.29, 1.82) is 0 Å². The summed E-state index contributed by atoms with van der Waals surface area (Å²) in [7, 11) is -4.34. The van der Waals surface area contributed by atoms with E-state index in [1.54, 1.807) is 6.08 Å². The summed E-state index contributed by atoms with van der Waals surface area (Å²) in [6, 6.07) is -1.05. The highest BCUT2D eigenvalue weighted by molar-refractivity contribution is 7.85. The van der Waals surface area contributed by atoms with Gasteiger partial charge in [-0.15, -0.1) is 0 Å². The number of aliphatic hydroxyl groups is 1. The largest absolute Gasteiger partial charge is 0.387 e. The molecule has 0 heterocycles. The molecule has 0 spiro atoms. The highest BCUT2D eigenvalue weighted by Crippen LogP contribution is 2.16. The van der Waals surface area contributed by atoms with Gasteiger partial charge in [0.25, 0.3) is 10.1 Å². The standard InChI is InChI=1S/C48H93NO5S/c1-3-5-7-9-11-13-15-17-19-21-22-23-24-25-26-28-30-32-34-36-38-40-42-44-48(51)49-46(45-55(52,53)54)47(50)43-41-39-37-35-33-31-29-27-20-18-16-14-12-10-8-6-4-2/h21-22,41,43,46-47,50H,3-20,23-40,42,44-45H2,1-2H3,(H,49,51)(H,52,53,54)/b22-21-,43-41+. The van der Waals surface area contributed by atoms with Crippen molar-refractivity contribution in [1.82, 2.24) is 5.32 Å². The number of amides is 1. The van der Waals surface area contributed by atoms with Crippen LogP contribution in [0, 0.1) is 0 Å². The third-order valence-electron chi connectivity index (χ3n) is 11.1. The van der Waals surface area contributed by atoms with Crippen LogP contribution in [-0.4, -0.2) is 41.9 Å². The first kappa shape index (κ1) is 53.8. The van der Waals surface area contributed by atoms with Gasteiger partial charge in [-0.1, -0.05) is 231 Å². The molecule has 7 heteroatoms. The van der Waals surface area contributed by atoms with Crippen molar-refractivity contribution in [2.45, 2.75) is 270 Å².